The number of aromatic nitrogens is 1. The summed E-state index contributed by atoms with van der Waals surface area (Å²) in [6, 6.07) is 12.9. The van der Waals surface area contributed by atoms with Crippen molar-refractivity contribution in [2.75, 3.05) is 6.61 Å². The highest BCUT2D eigenvalue weighted by molar-refractivity contribution is 5.92. The average molecular weight is 285 g/mol. The molecular formula is C16H19N3O2. The predicted molar refractivity (Wildman–Crippen MR) is 81.7 cm³/mol. The van der Waals surface area contributed by atoms with Crippen molar-refractivity contribution >= 4 is 5.91 Å². The number of nitrogens with two attached hydrogens (primary N) is 1. The molecule has 0 aliphatic heterocycles. The number of pyridine rings is 1. The van der Waals surface area contributed by atoms with E-state index >= 15 is 0 Å². The summed E-state index contributed by atoms with van der Waals surface area (Å²) in [5, 5.41) is 0. The fourth-order valence-corrected chi connectivity index (χ4v) is 1.85. The van der Waals surface area contributed by atoms with Gasteiger partial charge in [0.05, 0.1) is 12.3 Å². The second-order valence-corrected chi connectivity index (χ2v) is 4.61. The smallest absolute Gasteiger partial charge is 0.283 e. The van der Waals surface area contributed by atoms with E-state index in [0.717, 1.165) is 36.5 Å². The molecule has 0 atom stereocenters. The zero-order valence-corrected chi connectivity index (χ0v) is 12.0. The molecule has 110 valence electrons. The summed E-state index contributed by atoms with van der Waals surface area (Å²) in [4.78, 5) is 15.8. The van der Waals surface area contributed by atoms with Crippen LogP contribution in [0.1, 0.15) is 30.3 Å². The molecule has 1 aromatic carbocycles. The number of rotatable bonds is 6. The molecule has 0 saturated heterocycles. The van der Waals surface area contributed by atoms with Crippen LogP contribution in [0.2, 0.25) is 0 Å². The Morgan fingerprint density at radius 3 is 2.67 bits per heavy atom. The quantitative estimate of drug-likeness (QED) is 0.370. The molecule has 2 rings (SSSR count). The molecule has 0 aliphatic rings. The van der Waals surface area contributed by atoms with Crippen LogP contribution in [0, 0.1) is 0 Å². The lowest BCUT2D eigenvalue weighted by Crippen LogP contribution is -2.30. The number of unbranched alkanes of at least 4 members (excludes halogenated alkanes) is 1. The molecule has 0 saturated carbocycles. The van der Waals surface area contributed by atoms with Crippen LogP contribution in [-0.4, -0.2) is 17.5 Å². The van der Waals surface area contributed by atoms with Gasteiger partial charge in [-0.05, 0) is 42.8 Å². The average Bonchev–Trinajstić information content (AvgIpc) is 2.55. The van der Waals surface area contributed by atoms with Crippen LogP contribution in [0.3, 0.4) is 0 Å². The number of hydrogen-bond donors (Lipinski definition) is 2. The Kier molecular flexibility index (Phi) is 5.29. The molecule has 0 spiro atoms. The minimum Gasteiger partial charge on any atom is -0.494 e. The van der Waals surface area contributed by atoms with Crippen molar-refractivity contribution in [3.05, 3.63) is 48.2 Å². The highest BCUT2D eigenvalue weighted by Gasteiger charge is 2.07. The minimum absolute atomic E-state index is 0.290. The molecule has 0 aliphatic carbocycles. The molecule has 0 unspecified atom stereocenters. The zero-order chi connectivity index (χ0) is 15.1. The maximum absolute atomic E-state index is 11.5. The first-order valence-corrected chi connectivity index (χ1v) is 6.96. The number of benzene rings is 1. The van der Waals surface area contributed by atoms with Gasteiger partial charge in [0.25, 0.3) is 5.91 Å². The first kappa shape index (κ1) is 15.0. The van der Waals surface area contributed by atoms with Crippen LogP contribution in [0.4, 0.5) is 0 Å². The van der Waals surface area contributed by atoms with E-state index in [-0.39, 0.29) is 0 Å². The van der Waals surface area contributed by atoms with E-state index in [1.165, 1.54) is 0 Å². The lowest BCUT2D eigenvalue weighted by atomic mass is 10.1. The van der Waals surface area contributed by atoms with Crippen LogP contribution in [0.15, 0.2) is 42.5 Å². The third-order valence-corrected chi connectivity index (χ3v) is 3.03. The Labute approximate surface area is 124 Å². The summed E-state index contributed by atoms with van der Waals surface area (Å²) in [5.74, 6) is 5.54. The molecule has 5 heteroatoms. The Morgan fingerprint density at radius 2 is 2.00 bits per heavy atom. The summed E-state index contributed by atoms with van der Waals surface area (Å²) >= 11 is 0. The summed E-state index contributed by atoms with van der Waals surface area (Å²) in [6.45, 7) is 2.85. The number of nitrogens with one attached hydrogen (secondary N) is 1. The van der Waals surface area contributed by atoms with Crippen molar-refractivity contribution in [3.8, 4) is 17.0 Å². The zero-order valence-electron chi connectivity index (χ0n) is 12.0. The number of nitrogens with zero attached hydrogens (tertiary/aromatic N) is 1. The number of hydrogen-bond acceptors (Lipinski definition) is 4. The van der Waals surface area contributed by atoms with Crippen LogP contribution >= 0.6 is 0 Å². The third kappa shape index (κ3) is 4.03. The van der Waals surface area contributed by atoms with Gasteiger partial charge in [0.15, 0.2) is 0 Å². The largest absolute Gasteiger partial charge is 0.494 e. The Hall–Kier alpha value is -2.40. The lowest BCUT2D eigenvalue weighted by Gasteiger charge is -2.07. The molecule has 1 aromatic heterocycles. The maximum atomic E-state index is 11.5. The first-order chi connectivity index (χ1) is 10.2. The molecule has 3 N–H and O–H groups in total. The molecule has 0 radical (unpaired) electrons. The van der Waals surface area contributed by atoms with Crippen molar-refractivity contribution in [2.45, 2.75) is 19.8 Å². The molecule has 5 nitrogen and oxygen atoms in total. The maximum Gasteiger partial charge on any atom is 0.283 e. The van der Waals surface area contributed by atoms with E-state index in [9.17, 15) is 4.79 Å². The van der Waals surface area contributed by atoms with Gasteiger partial charge in [-0.2, -0.15) is 0 Å². The summed E-state index contributed by atoms with van der Waals surface area (Å²) < 4.78 is 5.62. The first-order valence-electron chi connectivity index (χ1n) is 6.96. The lowest BCUT2D eigenvalue weighted by molar-refractivity contribution is 0.0949. The van der Waals surface area contributed by atoms with E-state index < -0.39 is 5.91 Å². The van der Waals surface area contributed by atoms with Crippen molar-refractivity contribution < 1.29 is 9.53 Å². The number of amides is 1. The number of nitrogen functional groups attached to an aromatic ring is 1. The van der Waals surface area contributed by atoms with E-state index in [1.807, 2.05) is 30.3 Å². The van der Waals surface area contributed by atoms with Crippen molar-refractivity contribution in [3.63, 3.8) is 0 Å². The fourth-order valence-electron chi connectivity index (χ4n) is 1.85. The molecule has 0 bridgehead atoms. The van der Waals surface area contributed by atoms with Crippen molar-refractivity contribution in [1.82, 2.24) is 10.4 Å². The molecule has 21 heavy (non-hydrogen) atoms. The van der Waals surface area contributed by atoms with Gasteiger partial charge in [0.1, 0.15) is 11.4 Å². The number of hydrazine groups is 1. The molecule has 2 aromatic rings. The van der Waals surface area contributed by atoms with Gasteiger partial charge >= 0.3 is 0 Å². The number of carbonyl (C=O) groups is 1. The topological polar surface area (TPSA) is 77.2 Å². The van der Waals surface area contributed by atoms with Crippen LogP contribution in [0.5, 0.6) is 5.75 Å². The van der Waals surface area contributed by atoms with E-state index in [2.05, 4.69) is 17.3 Å². The summed E-state index contributed by atoms with van der Waals surface area (Å²) in [5.41, 5.74) is 4.01. The van der Waals surface area contributed by atoms with Crippen LogP contribution < -0.4 is 16.0 Å². The van der Waals surface area contributed by atoms with Crippen LogP contribution in [-0.2, 0) is 0 Å². The van der Waals surface area contributed by atoms with Crippen LogP contribution in [0.25, 0.3) is 11.3 Å². The Balaban J connectivity index is 2.13. The Bertz CT molecular complexity index is 597. The van der Waals surface area contributed by atoms with E-state index in [4.69, 9.17) is 10.6 Å². The van der Waals surface area contributed by atoms with Gasteiger partial charge in [-0.1, -0.05) is 19.4 Å². The molecular weight excluding hydrogens is 266 g/mol. The monoisotopic (exact) mass is 285 g/mol. The molecule has 1 heterocycles. The highest BCUT2D eigenvalue weighted by atomic mass is 16.5. The molecule has 0 fully saturated rings. The summed E-state index contributed by atoms with van der Waals surface area (Å²) in [7, 11) is 0. The SMILES string of the molecule is CCCCOc1ccc(-c2cccc(C(=O)NN)n2)cc1. The normalized spacial score (nSPS) is 10.2. The van der Waals surface area contributed by atoms with Crippen molar-refractivity contribution in [1.29, 1.82) is 0 Å². The highest BCUT2D eigenvalue weighted by Crippen LogP contribution is 2.21. The van der Waals surface area contributed by atoms with Gasteiger partial charge in [0, 0.05) is 5.56 Å². The van der Waals surface area contributed by atoms with E-state index in [0.29, 0.717) is 5.69 Å². The van der Waals surface area contributed by atoms with Gasteiger partial charge in [-0.3, -0.25) is 10.2 Å². The van der Waals surface area contributed by atoms with Crippen molar-refractivity contribution in [2.24, 2.45) is 5.84 Å². The third-order valence-electron chi connectivity index (χ3n) is 3.03. The standard InChI is InChI=1S/C16H19N3O2/c1-2-3-11-21-13-9-7-12(8-10-13)14-5-4-6-15(18-14)16(20)19-17/h4-10H,2-3,11,17H2,1H3,(H,19,20). The number of ether oxygens (including phenoxy) is 1. The van der Waals surface area contributed by atoms with Gasteiger partial charge in [-0.15, -0.1) is 0 Å². The summed E-state index contributed by atoms with van der Waals surface area (Å²) in [6.07, 6.45) is 2.15. The van der Waals surface area contributed by atoms with Gasteiger partial charge in [-0.25, -0.2) is 10.8 Å². The second-order valence-electron chi connectivity index (χ2n) is 4.61. The fraction of sp³-hybridized carbons (Fsp3) is 0.250. The Morgan fingerprint density at radius 1 is 1.24 bits per heavy atom. The minimum atomic E-state index is -0.406. The predicted octanol–water partition coefficient (Wildman–Crippen LogP) is 2.53. The number of carbonyl (C=O) groups excluding carboxylic acids is 1. The van der Waals surface area contributed by atoms with E-state index in [1.54, 1.807) is 12.1 Å². The van der Waals surface area contributed by atoms with Gasteiger partial charge in [0.2, 0.25) is 0 Å². The van der Waals surface area contributed by atoms with Gasteiger partial charge < -0.3 is 4.74 Å². The second kappa shape index (κ2) is 7.40. The molecule has 1 amide bonds.